The summed E-state index contributed by atoms with van der Waals surface area (Å²) in [6.45, 7) is 6.36. The Hall–Kier alpha value is -1.51. The quantitative estimate of drug-likeness (QED) is 0.825. The molecule has 0 saturated carbocycles. The van der Waals surface area contributed by atoms with Crippen molar-refractivity contribution in [3.8, 4) is 0 Å². The summed E-state index contributed by atoms with van der Waals surface area (Å²) in [7, 11) is 1.69. The van der Waals surface area contributed by atoms with Gasteiger partial charge in [0.15, 0.2) is 0 Å². The van der Waals surface area contributed by atoms with Crippen LogP contribution >= 0.6 is 0 Å². The Morgan fingerprint density at radius 2 is 1.94 bits per heavy atom. The van der Waals surface area contributed by atoms with Crippen LogP contribution in [0.15, 0.2) is 24.3 Å². The van der Waals surface area contributed by atoms with Crippen LogP contribution in [0.25, 0.3) is 0 Å². The van der Waals surface area contributed by atoms with Crippen LogP contribution in [-0.2, 0) is 12.0 Å². The first-order valence-corrected chi connectivity index (χ1v) is 6.36. The van der Waals surface area contributed by atoms with E-state index in [0.717, 1.165) is 12.8 Å². The maximum absolute atomic E-state index is 11.5. The number of fused-ring (bicyclic) bond motifs is 1. The van der Waals surface area contributed by atoms with Crippen LogP contribution in [-0.4, -0.2) is 23.1 Å². The first-order chi connectivity index (χ1) is 8.30. The van der Waals surface area contributed by atoms with Gasteiger partial charge in [0.05, 0.1) is 5.54 Å². The Kier molecular flexibility index (Phi) is 2.88. The van der Waals surface area contributed by atoms with Gasteiger partial charge in [0.1, 0.15) is 0 Å². The molecule has 0 bridgehead atoms. The molecule has 1 aliphatic carbocycles. The average Bonchev–Trinajstić information content (AvgIpc) is 2.67. The zero-order valence-corrected chi connectivity index (χ0v) is 11.5. The highest BCUT2D eigenvalue weighted by Crippen LogP contribution is 2.52. The van der Waals surface area contributed by atoms with Crippen molar-refractivity contribution in [1.82, 2.24) is 4.90 Å². The van der Waals surface area contributed by atoms with Gasteiger partial charge in [-0.05, 0) is 29.4 Å². The molecule has 1 aromatic carbocycles. The fourth-order valence-corrected chi connectivity index (χ4v) is 3.39. The summed E-state index contributed by atoms with van der Waals surface area (Å²) in [6.07, 6.45) is 0.950. The molecular formula is C15H21NO2. The van der Waals surface area contributed by atoms with Crippen LogP contribution in [0.4, 0.5) is 4.79 Å². The second-order valence-electron chi connectivity index (χ2n) is 6.11. The molecule has 1 unspecified atom stereocenters. The molecule has 0 saturated heterocycles. The highest BCUT2D eigenvalue weighted by molar-refractivity contribution is 5.67. The predicted octanol–water partition coefficient (Wildman–Crippen LogP) is 3.48. The monoisotopic (exact) mass is 247 g/mol. The minimum atomic E-state index is -0.860. The molecule has 18 heavy (non-hydrogen) atoms. The van der Waals surface area contributed by atoms with Crippen LogP contribution in [0.3, 0.4) is 0 Å². The third kappa shape index (κ3) is 1.61. The average molecular weight is 247 g/mol. The number of nitrogens with zero attached hydrogens (tertiary/aromatic N) is 1. The van der Waals surface area contributed by atoms with Crippen LogP contribution in [0.2, 0.25) is 0 Å². The van der Waals surface area contributed by atoms with Gasteiger partial charge in [-0.15, -0.1) is 0 Å². The zero-order chi connectivity index (χ0) is 13.6. The Bertz CT molecular complexity index is 476. The molecule has 0 heterocycles. The lowest BCUT2D eigenvalue weighted by atomic mass is 9.69. The smallest absolute Gasteiger partial charge is 0.407 e. The molecule has 3 heteroatoms. The van der Waals surface area contributed by atoms with E-state index in [0.29, 0.717) is 0 Å². The lowest BCUT2D eigenvalue weighted by Gasteiger charge is -2.48. The van der Waals surface area contributed by atoms with Gasteiger partial charge in [0.25, 0.3) is 0 Å². The van der Waals surface area contributed by atoms with Crippen LogP contribution in [0.1, 0.15) is 38.3 Å². The molecule has 1 aromatic rings. The van der Waals surface area contributed by atoms with Crippen LogP contribution < -0.4 is 0 Å². The van der Waals surface area contributed by atoms with Crippen molar-refractivity contribution in [2.45, 2.75) is 39.2 Å². The van der Waals surface area contributed by atoms with E-state index in [1.165, 1.54) is 16.0 Å². The van der Waals surface area contributed by atoms with Gasteiger partial charge in [-0.3, -0.25) is 0 Å². The van der Waals surface area contributed by atoms with E-state index in [1.54, 1.807) is 7.05 Å². The van der Waals surface area contributed by atoms with Crippen molar-refractivity contribution in [3.05, 3.63) is 35.4 Å². The van der Waals surface area contributed by atoms with Gasteiger partial charge in [0, 0.05) is 7.05 Å². The number of hydrogen-bond donors (Lipinski definition) is 1. The van der Waals surface area contributed by atoms with Crippen molar-refractivity contribution in [2.75, 3.05) is 7.05 Å². The number of carboxylic acid groups (broad SMARTS) is 1. The van der Waals surface area contributed by atoms with Gasteiger partial charge in [0.2, 0.25) is 0 Å². The topological polar surface area (TPSA) is 40.5 Å². The number of rotatable bonds is 1. The van der Waals surface area contributed by atoms with Gasteiger partial charge in [-0.25, -0.2) is 4.79 Å². The predicted molar refractivity (Wildman–Crippen MR) is 71.7 cm³/mol. The van der Waals surface area contributed by atoms with E-state index in [1.807, 2.05) is 12.1 Å². The molecule has 98 valence electrons. The van der Waals surface area contributed by atoms with E-state index in [9.17, 15) is 9.90 Å². The van der Waals surface area contributed by atoms with E-state index in [2.05, 4.69) is 32.9 Å². The standard InChI is InChI=1S/C15H21NO2/c1-14(2,3)15(16(4)13(17)18)10-9-11-7-5-6-8-12(11)15/h5-8H,9-10H2,1-4H3,(H,17,18). The lowest BCUT2D eigenvalue weighted by Crippen LogP contribution is -2.53. The van der Waals surface area contributed by atoms with Crippen molar-refractivity contribution < 1.29 is 9.90 Å². The van der Waals surface area contributed by atoms with E-state index < -0.39 is 11.6 Å². The summed E-state index contributed by atoms with van der Waals surface area (Å²) in [5.74, 6) is 0. The second kappa shape index (κ2) is 4.01. The van der Waals surface area contributed by atoms with Gasteiger partial charge < -0.3 is 10.0 Å². The van der Waals surface area contributed by atoms with E-state index in [4.69, 9.17) is 0 Å². The van der Waals surface area contributed by atoms with E-state index in [-0.39, 0.29) is 5.41 Å². The molecule has 0 aliphatic heterocycles. The van der Waals surface area contributed by atoms with Crippen molar-refractivity contribution in [1.29, 1.82) is 0 Å². The Morgan fingerprint density at radius 3 is 2.50 bits per heavy atom. The van der Waals surface area contributed by atoms with Crippen molar-refractivity contribution in [3.63, 3.8) is 0 Å². The first-order valence-electron chi connectivity index (χ1n) is 6.36. The molecular weight excluding hydrogens is 226 g/mol. The van der Waals surface area contributed by atoms with Crippen molar-refractivity contribution in [2.24, 2.45) is 5.41 Å². The SMILES string of the molecule is CN(C(=O)O)C1(C(C)(C)C)CCc2ccccc21. The Morgan fingerprint density at radius 1 is 1.33 bits per heavy atom. The number of aryl methyl sites for hydroxylation is 1. The van der Waals surface area contributed by atoms with Crippen molar-refractivity contribution >= 4 is 6.09 Å². The molecule has 0 radical (unpaired) electrons. The number of carbonyl (C=O) groups is 1. The van der Waals surface area contributed by atoms with E-state index >= 15 is 0 Å². The molecule has 1 aliphatic rings. The summed E-state index contributed by atoms with van der Waals surface area (Å²) in [5, 5.41) is 9.42. The normalized spacial score (nSPS) is 22.7. The lowest BCUT2D eigenvalue weighted by molar-refractivity contribution is 0.0148. The molecule has 0 fully saturated rings. The number of benzene rings is 1. The van der Waals surface area contributed by atoms with Gasteiger partial charge >= 0.3 is 6.09 Å². The summed E-state index contributed by atoms with van der Waals surface area (Å²) < 4.78 is 0. The minimum absolute atomic E-state index is 0.132. The molecule has 3 nitrogen and oxygen atoms in total. The summed E-state index contributed by atoms with van der Waals surface area (Å²) in [4.78, 5) is 13.0. The summed E-state index contributed by atoms with van der Waals surface area (Å²) in [5.41, 5.74) is 1.89. The molecule has 2 rings (SSSR count). The Labute approximate surface area is 108 Å². The molecule has 0 spiro atoms. The fraction of sp³-hybridized carbons (Fsp3) is 0.533. The third-order valence-electron chi connectivity index (χ3n) is 4.32. The number of amides is 1. The maximum atomic E-state index is 11.5. The van der Waals surface area contributed by atoms with Crippen LogP contribution in [0, 0.1) is 5.41 Å². The highest BCUT2D eigenvalue weighted by atomic mass is 16.4. The fourth-order valence-electron chi connectivity index (χ4n) is 3.39. The molecule has 0 aromatic heterocycles. The largest absolute Gasteiger partial charge is 0.465 e. The maximum Gasteiger partial charge on any atom is 0.407 e. The number of hydrogen-bond acceptors (Lipinski definition) is 1. The summed E-state index contributed by atoms with van der Waals surface area (Å²) >= 11 is 0. The highest BCUT2D eigenvalue weighted by Gasteiger charge is 2.52. The summed E-state index contributed by atoms with van der Waals surface area (Å²) in [6, 6.07) is 8.21. The van der Waals surface area contributed by atoms with Gasteiger partial charge in [-0.1, -0.05) is 45.0 Å². The second-order valence-corrected chi connectivity index (χ2v) is 6.11. The molecule has 1 atom stereocenters. The Balaban J connectivity index is 2.64. The zero-order valence-electron chi connectivity index (χ0n) is 11.5. The minimum Gasteiger partial charge on any atom is -0.465 e. The molecule has 1 amide bonds. The van der Waals surface area contributed by atoms with Gasteiger partial charge in [-0.2, -0.15) is 0 Å². The molecule has 1 N–H and O–H groups in total. The van der Waals surface area contributed by atoms with Crippen LogP contribution in [0.5, 0.6) is 0 Å². The third-order valence-corrected chi connectivity index (χ3v) is 4.32. The first kappa shape index (κ1) is 12.9.